The maximum atomic E-state index is 13.5. The topological polar surface area (TPSA) is 26.3 Å². The molecule has 0 aliphatic rings. The summed E-state index contributed by atoms with van der Waals surface area (Å²) in [6.07, 6.45) is -0.110. The first-order valence-electron chi connectivity index (χ1n) is 5.82. The first kappa shape index (κ1) is 14.7. The highest BCUT2D eigenvalue weighted by molar-refractivity contribution is 9.10. The van der Waals surface area contributed by atoms with E-state index in [1.165, 1.54) is 25.3 Å². The Balaban J connectivity index is 2.34. The number of hydrogen-bond acceptors (Lipinski definition) is 2. The van der Waals surface area contributed by atoms with Crippen molar-refractivity contribution >= 4 is 21.7 Å². The zero-order valence-corrected chi connectivity index (χ0v) is 12.2. The van der Waals surface area contributed by atoms with Gasteiger partial charge in [0.1, 0.15) is 17.4 Å². The number of methoxy groups -OCH3 is 1. The first-order chi connectivity index (χ1) is 9.52. The number of halogens is 3. The van der Waals surface area contributed by atoms with Crippen LogP contribution in [0.4, 0.5) is 8.78 Å². The normalized spacial score (nSPS) is 10.4. The van der Waals surface area contributed by atoms with E-state index in [1.807, 2.05) is 0 Å². The zero-order valence-electron chi connectivity index (χ0n) is 10.6. The molecule has 5 heteroatoms. The Bertz CT molecular complexity index is 656. The number of carbonyl (C=O) groups excluding carboxylic acids is 1. The van der Waals surface area contributed by atoms with E-state index in [2.05, 4.69) is 15.9 Å². The van der Waals surface area contributed by atoms with Gasteiger partial charge in [-0.05, 0) is 33.6 Å². The Labute approximate surface area is 123 Å². The van der Waals surface area contributed by atoms with E-state index >= 15 is 0 Å². The summed E-state index contributed by atoms with van der Waals surface area (Å²) >= 11 is 3.02. The molecule has 0 spiro atoms. The van der Waals surface area contributed by atoms with Crippen LogP contribution in [-0.2, 0) is 6.42 Å². The highest BCUT2D eigenvalue weighted by Gasteiger charge is 2.17. The van der Waals surface area contributed by atoms with E-state index in [-0.39, 0.29) is 28.0 Å². The Hall–Kier alpha value is -1.75. The van der Waals surface area contributed by atoms with Gasteiger partial charge >= 0.3 is 0 Å². The van der Waals surface area contributed by atoms with E-state index in [0.717, 1.165) is 6.07 Å². The lowest BCUT2D eigenvalue weighted by atomic mass is 10.0. The Morgan fingerprint density at radius 2 is 1.90 bits per heavy atom. The van der Waals surface area contributed by atoms with Crippen LogP contribution in [0.15, 0.2) is 40.9 Å². The van der Waals surface area contributed by atoms with Gasteiger partial charge in [0.15, 0.2) is 5.78 Å². The monoisotopic (exact) mass is 340 g/mol. The molecule has 0 amide bonds. The van der Waals surface area contributed by atoms with Crippen molar-refractivity contribution in [2.45, 2.75) is 6.42 Å². The van der Waals surface area contributed by atoms with Gasteiger partial charge in [0.05, 0.1) is 17.1 Å². The van der Waals surface area contributed by atoms with E-state index in [0.29, 0.717) is 5.56 Å². The van der Waals surface area contributed by atoms with Crippen LogP contribution in [0.2, 0.25) is 0 Å². The van der Waals surface area contributed by atoms with Crippen LogP contribution in [0.1, 0.15) is 15.9 Å². The van der Waals surface area contributed by atoms with Gasteiger partial charge < -0.3 is 4.74 Å². The molecule has 20 heavy (non-hydrogen) atoms. The van der Waals surface area contributed by atoms with Crippen LogP contribution in [0.25, 0.3) is 0 Å². The molecule has 0 N–H and O–H groups in total. The van der Waals surface area contributed by atoms with Gasteiger partial charge in [0, 0.05) is 12.5 Å². The maximum absolute atomic E-state index is 13.5. The molecule has 0 bridgehead atoms. The van der Waals surface area contributed by atoms with Crippen LogP contribution in [0.5, 0.6) is 5.75 Å². The van der Waals surface area contributed by atoms with Gasteiger partial charge in [0.2, 0.25) is 0 Å². The summed E-state index contributed by atoms with van der Waals surface area (Å²) in [5.41, 5.74) is 0.504. The number of carbonyl (C=O) groups is 1. The molecule has 0 aliphatic heterocycles. The second kappa shape index (κ2) is 6.13. The van der Waals surface area contributed by atoms with Gasteiger partial charge in [-0.2, -0.15) is 0 Å². The molecule has 0 radical (unpaired) electrons. The fourth-order valence-corrected chi connectivity index (χ4v) is 2.17. The Kier molecular flexibility index (Phi) is 4.49. The largest absolute Gasteiger partial charge is 0.496 e. The summed E-state index contributed by atoms with van der Waals surface area (Å²) < 4.78 is 32.1. The molecule has 0 aromatic heterocycles. The second-order valence-corrected chi connectivity index (χ2v) is 5.01. The molecule has 2 aromatic carbocycles. The van der Waals surface area contributed by atoms with Crippen LogP contribution in [0, 0.1) is 11.6 Å². The van der Waals surface area contributed by atoms with Gasteiger partial charge in [0.25, 0.3) is 0 Å². The van der Waals surface area contributed by atoms with Crippen molar-refractivity contribution in [1.82, 2.24) is 0 Å². The average molecular weight is 341 g/mol. The Morgan fingerprint density at radius 3 is 2.55 bits per heavy atom. The number of hydrogen-bond donors (Lipinski definition) is 0. The maximum Gasteiger partial charge on any atom is 0.171 e. The average Bonchev–Trinajstić information content (AvgIpc) is 2.43. The zero-order chi connectivity index (χ0) is 14.7. The van der Waals surface area contributed by atoms with Crippen molar-refractivity contribution in [3.63, 3.8) is 0 Å². The van der Waals surface area contributed by atoms with Crippen molar-refractivity contribution in [3.8, 4) is 5.75 Å². The van der Waals surface area contributed by atoms with Gasteiger partial charge in [-0.1, -0.05) is 18.2 Å². The SMILES string of the molecule is COc1cc(F)c(Br)cc1C(=O)Cc1ccccc1F. The summed E-state index contributed by atoms with van der Waals surface area (Å²) in [7, 11) is 1.35. The predicted octanol–water partition coefficient (Wildman–Crippen LogP) is 4.16. The van der Waals surface area contributed by atoms with Gasteiger partial charge in [-0.15, -0.1) is 0 Å². The molecule has 0 heterocycles. The van der Waals surface area contributed by atoms with Crippen molar-refractivity contribution in [1.29, 1.82) is 0 Å². The van der Waals surface area contributed by atoms with E-state index in [1.54, 1.807) is 12.1 Å². The Morgan fingerprint density at radius 1 is 1.20 bits per heavy atom. The standard InChI is InChI=1S/C15H11BrF2O2/c1-20-15-8-13(18)11(16)7-10(15)14(19)6-9-4-2-3-5-12(9)17/h2-5,7-8H,6H2,1H3. The predicted molar refractivity (Wildman–Crippen MR) is 75.1 cm³/mol. The number of rotatable bonds is 4. The van der Waals surface area contributed by atoms with E-state index in [4.69, 9.17) is 4.74 Å². The minimum atomic E-state index is -0.524. The first-order valence-corrected chi connectivity index (χ1v) is 6.62. The lowest BCUT2D eigenvalue weighted by Crippen LogP contribution is -2.07. The smallest absolute Gasteiger partial charge is 0.171 e. The summed E-state index contributed by atoms with van der Waals surface area (Å²) in [4.78, 5) is 12.2. The molecule has 0 aliphatic carbocycles. The number of ether oxygens (including phenoxy) is 1. The number of ketones is 1. The molecule has 2 aromatic rings. The van der Waals surface area contributed by atoms with Crippen LogP contribution in [-0.4, -0.2) is 12.9 Å². The van der Waals surface area contributed by atoms with Crippen molar-refractivity contribution < 1.29 is 18.3 Å². The van der Waals surface area contributed by atoms with Crippen molar-refractivity contribution in [3.05, 3.63) is 63.6 Å². The molecule has 104 valence electrons. The summed E-state index contributed by atoms with van der Waals surface area (Å²) in [5, 5.41) is 0. The fraction of sp³-hybridized carbons (Fsp3) is 0.133. The molecule has 2 rings (SSSR count). The third kappa shape index (κ3) is 3.04. The highest BCUT2D eigenvalue weighted by atomic mass is 79.9. The van der Waals surface area contributed by atoms with Crippen LogP contribution >= 0.6 is 15.9 Å². The lowest BCUT2D eigenvalue weighted by Gasteiger charge is -2.09. The molecule has 0 saturated carbocycles. The van der Waals surface area contributed by atoms with Crippen LogP contribution < -0.4 is 4.74 Å². The van der Waals surface area contributed by atoms with E-state index < -0.39 is 11.6 Å². The molecule has 0 atom stereocenters. The minimum Gasteiger partial charge on any atom is -0.496 e. The lowest BCUT2D eigenvalue weighted by molar-refractivity contribution is 0.0988. The minimum absolute atomic E-state index is 0.110. The third-order valence-corrected chi connectivity index (χ3v) is 3.46. The molecule has 0 saturated heterocycles. The van der Waals surface area contributed by atoms with Crippen molar-refractivity contribution in [2.75, 3.05) is 7.11 Å². The second-order valence-electron chi connectivity index (χ2n) is 4.16. The summed E-state index contributed by atoms with van der Waals surface area (Å²) in [6.45, 7) is 0. The molecule has 2 nitrogen and oxygen atoms in total. The quantitative estimate of drug-likeness (QED) is 0.781. The van der Waals surface area contributed by atoms with Crippen LogP contribution in [0.3, 0.4) is 0 Å². The molecule has 0 fully saturated rings. The highest BCUT2D eigenvalue weighted by Crippen LogP contribution is 2.27. The fourth-order valence-electron chi connectivity index (χ4n) is 1.83. The summed E-state index contributed by atoms with van der Waals surface area (Å²) in [6, 6.07) is 8.51. The molecular weight excluding hydrogens is 330 g/mol. The van der Waals surface area contributed by atoms with E-state index in [9.17, 15) is 13.6 Å². The van der Waals surface area contributed by atoms with Gasteiger partial charge in [-0.25, -0.2) is 8.78 Å². The third-order valence-electron chi connectivity index (χ3n) is 2.85. The number of Topliss-reactive ketones (excluding diaryl/α,β-unsaturated/α-hetero) is 1. The summed E-state index contributed by atoms with van der Waals surface area (Å²) in [5.74, 6) is -1.18. The van der Waals surface area contributed by atoms with Gasteiger partial charge in [-0.3, -0.25) is 4.79 Å². The number of benzene rings is 2. The van der Waals surface area contributed by atoms with Crippen molar-refractivity contribution in [2.24, 2.45) is 0 Å². The molecular formula is C15H11BrF2O2. The molecule has 0 unspecified atom stereocenters.